The Hall–Kier alpha value is -2.56. The number of carbonyl (C=O) groups excluding carboxylic acids is 2. The molecule has 0 spiro atoms. The van der Waals surface area contributed by atoms with Crippen molar-refractivity contribution in [1.29, 1.82) is 0 Å². The number of ketones is 1. The highest BCUT2D eigenvalue weighted by Crippen LogP contribution is 2.33. The molecule has 0 unspecified atom stereocenters. The van der Waals surface area contributed by atoms with Gasteiger partial charge in [-0.25, -0.2) is 0 Å². The molecule has 2 aromatic rings. The molecule has 0 saturated carbocycles. The zero-order chi connectivity index (χ0) is 19.1. The maximum absolute atomic E-state index is 12.8. The molecule has 1 aromatic carbocycles. The van der Waals surface area contributed by atoms with Gasteiger partial charge in [0.05, 0.1) is 18.4 Å². The van der Waals surface area contributed by atoms with Gasteiger partial charge in [0, 0.05) is 18.4 Å². The smallest absolute Gasteiger partial charge is 0.291 e. The molecule has 0 fully saturated rings. The summed E-state index contributed by atoms with van der Waals surface area (Å²) in [5.41, 5.74) is 2.81. The van der Waals surface area contributed by atoms with Crippen LogP contribution >= 0.6 is 0 Å². The molecule has 26 heavy (non-hydrogen) atoms. The van der Waals surface area contributed by atoms with Gasteiger partial charge >= 0.3 is 0 Å². The Labute approximate surface area is 153 Å². The molecular weight excluding hydrogens is 330 g/mol. The van der Waals surface area contributed by atoms with E-state index in [4.69, 9.17) is 9.15 Å². The Morgan fingerprint density at radius 2 is 1.96 bits per heavy atom. The number of hydrogen-bond acceptors (Lipinski definition) is 4. The van der Waals surface area contributed by atoms with Gasteiger partial charge < -0.3 is 14.5 Å². The molecule has 3 rings (SSSR count). The third kappa shape index (κ3) is 3.26. The number of amides is 1. The fourth-order valence-corrected chi connectivity index (χ4v) is 3.32. The van der Waals surface area contributed by atoms with Crippen molar-refractivity contribution in [2.24, 2.45) is 0 Å². The lowest BCUT2D eigenvalue weighted by Gasteiger charge is -2.21. The van der Waals surface area contributed by atoms with Crippen molar-refractivity contribution in [2.45, 2.75) is 52.4 Å². The summed E-state index contributed by atoms with van der Waals surface area (Å²) < 4.78 is 11.1. The second-order valence-corrected chi connectivity index (χ2v) is 7.75. The van der Waals surface area contributed by atoms with Gasteiger partial charge in [-0.15, -0.1) is 0 Å². The van der Waals surface area contributed by atoms with E-state index in [2.05, 4.69) is 26.1 Å². The molecule has 1 aliphatic rings. The molecule has 1 N–H and O–H groups in total. The van der Waals surface area contributed by atoms with Gasteiger partial charge in [0.15, 0.2) is 11.5 Å². The van der Waals surface area contributed by atoms with Gasteiger partial charge in [-0.1, -0.05) is 26.8 Å². The maximum atomic E-state index is 12.8. The highest BCUT2D eigenvalue weighted by Gasteiger charge is 2.29. The summed E-state index contributed by atoms with van der Waals surface area (Å²) >= 11 is 0. The molecule has 5 heteroatoms. The molecule has 1 heterocycles. The summed E-state index contributed by atoms with van der Waals surface area (Å²) in [6.45, 7) is 8.09. The molecule has 5 nitrogen and oxygen atoms in total. The summed E-state index contributed by atoms with van der Waals surface area (Å²) in [6.07, 6.45) is 1.97. The van der Waals surface area contributed by atoms with Crippen molar-refractivity contribution in [3.63, 3.8) is 0 Å². The Bertz CT molecular complexity index is 871. The number of nitrogens with one attached hydrogen (secondary N) is 1. The second kappa shape index (κ2) is 6.63. The molecule has 1 aliphatic carbocycles. The molecule has 0 radical (unpaired) electrons. The van der Waals surface area contributed by atoms with Crippen LogP contribution in [-0.4, -0.2) is 18.8 Å². The van der Waals surface area contributed by atoms with Crippen molar-refractivity contribution < 1.29 is 18.7 Å². The van der Waals surface area contributed by atoms with E-state index in [1.165, 1.54) is 0 Å². The van der Waals surface area contributed by atoms with Crippen LogP contribution in [0.5, 0.6) is 5.75 Å². The zero-order valence-corrected chi connectivity index (χ0v) is 16.0. The highest BCUT2D eigenvalue weighted by molar-refractivity contribution is 6.08. The summed E-state index contributed by atoms with van der Waals surface area (Å²) in [5.74, 6) is 1.09. The number of anilines is 1. The molecule has 0 saturated heterocycles. The Morgan fingerprint density at radius 3 is 2.58 bits per heavy atom. The summed E-state index contributed by atoms with van der Waals surface area (Å²) in [4.78, 5) is 25.0. The summed E-state index contributed by atoms with van der Waals surface area (Å²) in [7, 11) is 1.57. The van der Waals surface area contributed by atoms with E-state index in [0.29, 0.717) is 41.2 Å². The standard InChI is InChI=1S/C21H25NO4/c1-12-18-15(23)7-6-8-17(18)26-19(12)20(24)22-14-11-13(21(2,3)4)9-10-16(14)25-5/h9-11H,6-8H2,1-5H3,(H,22,24). The van der Waals surface area contributed by atoms with E-state index >= 15 is 0 Å². The first kappa shape index (κ1) is 18.2. The minimum absolute atomic E-state index is 0.0545. The van der Waals surface area contributed by atoms with Crippen LogP contribution in [0, 0.1) is 6.92 Å². The Kier molecular flexibility index (Phi) is 4.65. The maximum Gasteiger partial charge on any atom is 0.291 e. The first-order valence-corrected chi connectivity index (χ1v) is 8.87. The third-order valence-corrected chi connectivity index (χ3v) is 4.83. The van der Waals surface area contributed by atoms with E-state index in [1.54, 1.807) is 14.0 Å². The van der Waals surface area contributed by atoms with Gasteiger partial charge in [0.25, 0.3) is 5.91 Å². The van der Waals surface area contributed by atoms with Crippen LogP contribution < -0.4 is 10.1 Å². The average molecular weight is 355 g/mol. The quantitative estimate of drug-likeness (QED) is 0.869. The lowest BCUT2D eigenvalue weighted by atomic mass is 9.87. The molecule has 0 bridgehead atoms. The number of methoxy groups -OCH3 is 1. The van der Waals surface area contributed by atoms with Gasteiger partial charge in [0.2, 0.25) is 0 Å². The zero-order valence-electron chi connectivity index (χ0n) is 16.0. The van der Waals surface area contributed by atoms with Crippen LogP contribution in [0.2, 0.25) is 0 Å². The number of fused-ring (bicyclic) bond motifs is 1. The largest absolute Gasteiger partial charge is 0.495 e. The normalized spacial score (nSPS) is 14.1. The number of hydrogen-bond donors (Lipinski definition) is 1. The van der Waals surface area contributed by atoms with E-state index in [1.807, 2.05) is 18.2 Å². The number of Topliss-reactive ketones (excluding diaryl/α,β-unsaturated/α-hetero) is 1. The van der Waals surface area contributed by atoms with Crippen molar-refractivity contribution in [3.05, 3.63) is 46.4 Å². The Morgan fingerprint density at radius 1 is 1.23 bits per heavy atom. The van der Waals surface area contributed by atoms with Crippen LogP contribution in [-0.2, 0) is 11.8 Å². The van der Waals surface area contributed by atoms with Crippen LogP contribution in [0.3, 0.4) is 0 Å². The molecular formula is C21H25NO4. The molecule has 1 aromatic heterocycles. The number of rotatable bonds is 3. The average Bonchev–Trinajstić information content (AvgIpc) is 2.92. The number of aryl methyl sites for hydroxylation is 1. The van der Waals surface area contributed by atoms with E-state index in [0.717, 1.165) is 12.0 Å². The number of benzene rings is 1. The fraction of sp³-hybridized carbons (Fsp3) is 0.429. The molecule has 0 atom stereocenters. The third-order valence-electron chi connectivity index (χ3n) is 4.83. The summed E-state index contributed by atoms with van der Waals surface area (Å²) in [6, 6.07) is 5.75. The minimum Gasteiger partial charge on any atom is -0.495 e. The fourth-order valence-electron chi connectivity index (χ4n) is 3.32. The lowest BCUT2D eigenvalue weighted by Crippen LogP contribution is -2.16. The van der Waals surface area contributed by atoms with Crippen LogP contribution in [0.4, 0.5) is 5.69 Å². The van der Waals surface area contributed by atoms with Crippen LogP contribution in [0.1, 0.15) is 71.4 Å². The minimum atomic E-state index is -0.367. The van der Waals surface area contributed by atoms with E-state index < -0.39 is 0 Å². The van der Waals surface area contributed by atoms with Crippen molar-refractivity contribution in [1.82, 2.24) is 0 Å². The van der Waals surface area contributed by atoms with Crippen molar-refractivity contribution in [3.8, 4) is 5.75 Å². The topological polar surface area (TPSA) is 68.5 Å². The van der Waals surface area contributed by atoms with Crippen LogP contribution in [0.25, 0.3) is 0 Å². The highest BCUT2D eigenvalue weighted by atomic mass is 16.5. The van der Waals surface area contributed by atoms with Gasteiger partial charge in [0.1, 0.15) is 11.5 Å². The summed E-state index contributed by atoms with van der Waals surface area (Å²) in [5, 5.41) is 2.89. The van der Waals surface area contributed by atoms with Crippen molar-refractivity contribution in [2.75, 3.05) is 12.4 Å². The predicted octanol–water partition coefficient (Wildman–Crippen LogP) is 4.67. The molecule has 0 aliphatic heterocycles. The monoisotopic (exact) mass is 355 g/mol. The second-order valence-electron chi connectivity index (χ2n) is 7.75. The Balaban J connectivity index is 1.95. The lowest BCUT2D eigenvalue weighted by molar-refractivity contribution is 0.0963. The SMILES string of the molecule is COc1ccc(C(C)(C)C)cc1NC(=O)c1oc2c(c1C)C(=O)CCC2. The van der Waals surface area contributed by atoms with E-state index in [9.17, 15) is 9.59 Å². The van der Waals surface area contributed by atoms with Gasteiger partial charge in [-0.3, -0.25) is 9.59 Å². The predicted molar refractivity (Wildman–Crippen MR) is 100 cm³/mol. The number of furan rings is 1. The van der Waals surface area contributed by atoms with Crippen LogP contribution in [0.15, 0.2) is 22.6 Å². The first-order valence-electron chi connectivity index (χ1n) is 8.87. The van der Waals surface area contributed by atoms with Crippen molar-refractivity contribution >= 4 is 17.4 Å². The number of carbonyl (C=O) groups is 2. The van der Waals surface area contributed by atoms with Gasteiger partial charge in [-0.05, 0) is 36.5 Å². The molecule has 1 amide bonds. The molecule has 138 valence electrons. The number of ether oxygens (including phenoxy) is 1. The van der Waals surface area contributed by atoms with E-state index in [-0.39, 0.29) is 22.9 Å². The van der Waals surface area contributed by atoms with Gasteiger partial charge in [-0.2, -0.15) is 0 Å². The first-order chi connectivity index (χ1) is 12.2.